The van der Waals surface area contributed by atoms with Crippen molar-refractivity contribution in [3.05, 3.63) is 0 Å². The van der Waals surface area contributed by atoms with Crippen molar-refractivity contribution in [1.29, 1.82) is 0 Å². The first-order chi connectivity index (χ1) is 0. The van der Waals surface area contributed by atoms with Gasteiger partial charge in [0.2, 0.25) is 0 Å². The summed E-state index contributed by atoms with van der Waals surface area (Å²) in [5.41, 5.74) is 0. The summed E-state index contributed by atoms with van der Waals surface area (Å²) < 4.78 is 0. The maximum Gasteiger partial charge on any atom is 0 e. The quantitative estimate of drug-likeness (QED) is 0.344. The van der Waals surface area contributed by atoms with E-state index in [9.17, 15) is 0 Å². The van der Waals surface area contributed by atoms with E-state index in [-0.39, 0.29) is 56.9 Å². The van der Waals surface area contributed by atoms with Crippen molar-refractivity contribution in [2.24, 2.45) is 0 Å². The summed E-state index contributed by atoms with van der Waals surface area (Å²) >= 11 is 0. The van der Waals surface area contributed by atoms with Crippen molar-refractivity contribution in [1.82, 2.24) is 0 Å². The SMILES string of the molecule is Cl.O.O.O.O.O.[Cu]. The third-order valence-corrected chi connectivity index (χ3v) is 0. The Morgan fingerprint density at radius 2 is 0.429 bits per heavy atom. The van der Waals surface area contributed by atoms with Gasteiger partial charge in [0.1, 0.15) is 0 Å². The van der Waals surface area contributed by atoms with E-state index in [1.165, 1.54) is 0 Å². The largest absolute Gasteiger partial charge is 0.412 e. The third kappa shape index (κ3) is 378. The summed E-state index contributed by atoms with van der Waals surface area (Å²) in [6.45, 7) is 0. The van der Waals surface area contributed by atoms with Gasteiger partial charge in [-0.25, -0.2) is 0 Å². The molecule has 0 unspecified atom stereocenters. The first kappa shape index (κ1) is 895. The van der Waals surface area contributed by atoms with Crippen LogP contribution in [0.25, 0.3) is 0 Å². The Hall–Kier alpha value is 0.609. The molecule has 10 N–H and O–H groups in total. The summed E-state index contributed by atoms with van der Waals surface area (Å²) in [7, 11) is 0. The molecule has 7 heavy (non-hydrogen) atoms. The molecule has 0 heterocycles. The minimum absolute atomic E-state index is 0. The second-order valence-corrected chi connectivity index (χ2v) is 0. The monoisotopic (exact) mass is 189 g/mol. The second kappa shape index (κ2) is 560. The average Bonchev–Trinajstić information content (AvgIpc) is 0. The van der Waals surface area contributed by atoms with Crippen LogP contribution in [0.3, 0.4) is 0 Å². The van der Waals surface area contributed by atoms with Crippen molar-refractivity contribution in [2.45, 2.75) is 0 Å². The number of hydrogen-bond donors (Lipinski definition) is 0. The molecular weight excluding hydrogens is 179 g/mol. The van der Waals surface area contributed by atoms with Crippen LogP contribution in [0.4, 0.5) is 0 Å². The number of rotatable bonds is 0. The van der Waals surface area contributed by atoms with Crippen molar-refractivity contribution in [3.8, 4) is 0 Å². The van der Waals surface area contributed by atoms with Gasteiger partial charge < -0.3 is 27.4 Å². The maximum atomic E-state index is 0. The van der Waals surface area contributed by atoms with Gasteiger partial charge in [-0.05, 0) is 0 Å². The van der Waals surface area contributed by atoms with Crippen molar-refractivity contribution >= 4 is 12.4 Å². The Balaban J connectivity index is 0. The fourth-order valence-electron chi connectivity index (χ4n) is 0. The van der Waals surface area contributed by atoms with Gasteiger partial charge in [0.25, 0.3) is 0 Å². The Kier molecular flexibility index (Phi) is 71600. The molecule has 59 valence electrons. The minimum atomic E-state index is 0. The summed E-state index contributed by atoms with van der Waals surface area (Å²) in [6.07, 6.45) is 0. The van der Waals surface area contributed by atoms with Crippen molar-refractivity contribution < 1.29 is 44.4 Å². The van der Waals surface area contributed by atoms with Crippen LogP contribution in [-0.2, 0) is 17.1 Å². The summed E-state index contributed by atoms with van der Waals surface area (Å²) in [6, 6.07) is 0. The predicted octanol–water partition coefficient (Wildman–Crippen LogP) is -3.70. The number of hydrogen-bond acceptors (Lipinski definition) is 0. The summed E-state index contributed by atoms with van der Waals surface area (Å²) in [4.78, 5) is 0. The van der Waals surface area contributed by atoms with Crippen LogP contribution in [0.5, 0.6) is 0 Å². The van der Waals surface area contributed by atoms with Crippen LogP contribution < -0.4 is 0 Å². The topological polar surface area (TPSA) is 158 Å². The molecule has 0 amide bonds. The summed E-state index contributed by atoms with van der Waals surface area (Å²) in [5.74, 6) is 0. The Morgan fingerprint density at radius 1 is 0.429 bits per heavy atom. The molecule has 0 rings (SSSR count). The molecular formula is H11ClCuO5. The molecule has 5 nitrogen and oxygen atoms in total. The van der Waals surface area contributed by atoms with Crippen LogP contribution in [0.1, 0.15) is 0 Å². The zero-order valence-electron chi connectivity index (χ0n) is 3.21. The summed E-state index contributed by atoms with van der Waals surface area (Å²) in [5, 5.41) is 0. The zero-order valence-corrected chi connectivity index (χ0v) is 4.97. The standard InChI is InChI=1S/ClH.Cu.5H2O/h1H;;5*1H2. The molecule has 0 spiro atoms. The van der Waals surface area contributed by atoms with Gasteiger partial charge in [0, 0.05) is 17.1 Å². The molecule has 0 bridgehead atoms. The van der Waals surface area contributed by atoms with Crippen LogP contribution in [0.15, 0.2) is 0 Å². The van der Waals surface area contributed by atoms with E-state index >= 15 is 0 Å². The first-order valence-corrected chi connectivity index (χ1v) is 0. The Morgan fingerprint density at radius 3 is 0.429 bits per heavy atom. The molecule has 7 heteroatoms. The van der Waals surface area contributed by atoms with Gasteiger partial charge in [0.15, 0.2) is 0 Å². The molecule has 0 aromatic rings. The molecule has 0 aliphatic carbocycles. The number of halogens is 1. The molecule has 0 aliphatic heterocycles. The van der Waals surface area contributed by atoms with Crippen LogP contribution >= 0.6 is 12.4 Å². The Labute approximate surface area is 57.5 Å². The molecule has 0 aromatic carbocycles. The van der Waals surface area contributed by atoms with Gasteiger partial charge in [-0.1, -0.05) is 0 Å². The van der Waals surface area contributed by atoms with E-state index in [0.29, 0.717) is 0 Å². The van der Waals surface area contributed by atoms with E-state index in [4.69, 9.17) is 0 Å². The van der Waals surface area contributed by atoms with Gasteiger partial charge in [-0.15, -0.1) is 12.4 Å². The third-order valence-electron chi connectivity index (χ3n) is 0. The van der Waals surface area contributed by atoms with Gasteiger partial charge in [-0.2, -0.15) is 0 Å². The van der Waals surface area contributed by atoms with E-state index < -0.39 is 0 Å². The molecule has 1 radical (unpaired) electrons. The molecule has 0 fully saturated rings. The molecule has 0 saturated heterocycles. The van der Waals surface area contributed by atoms with Gasteiger partial charge >= 0.3 is 0 Å². The second-order valence-electron chi connectivity index (χ2n) is 0. The van der Waals surface area contributed by atoms with E-state index in [1.807, 2.05) is 0 Å². The van der Waals surface area contributed by atoms with Crippen LogP contribution in [-0.4, -0.2) is 27.4 Å². The zero-order chi connectivity index (χ0) is 0. The Bertz CT molecular complexity index is 8.04. The maximum absolute atomic E-state index is 0. The van der Waals surface area contributed by atoms with Crippen molar-refractivity contribution in [3.63, 3.8) is 0 Å². The smallest absolute Gasteiger partial charge is 0 e. The molecule has 0 saturated carbocycles. The molecule has 0 atom stereocenters. The normalized spacial score (nSPS) is 0. The predicted molar refractivity (Wildman–Crippen MR) is 25.3 cm³/mol. The minimum Gasteiger partial charge on any atom is -0.412 e. The van der Waals surface area contributed by atoms with E-state index in [0.717, 1.165) is 0 Å². The fourth-order valence-corrected chi connectivity index (χ4v) is 0. The first-order valence-electron chi connectivity index (χ1n) is 0. The van der Waals surface area contributed by atoms with E-state index in [2.05, 4.69) is 0 Å². The molecule has 0 aliphatic rings. The van der Waals surface area contributed by atoms with Crippen LogP contribution in [0.2, 0.25) is 0 Å². The molecule has 0 aromatic heterocycles. The fraction of sp³-hybridized carbons (Fsp3) is 0. The van der Waals surface area contributed by atoms with E-state index in [1.54, 1.807) is 0 Å². The van der Waals surface area contributed by atoms with Crippen LogP contribution in [0, 0.1) is 0 Å². The van der Waals surface area contributed by atoms with Gasteiger partial charge in [-0.3, -0.25) is 0 Å². The average molecular weight is 190 g/mol. The van der Waals surface area contributed by atoms with Crippen molar-refractivity contribution in [2.75, 3.05) is 0 Å². The van der Waals surface area contributed by atoms with Gasteiger partial charge in [0.05, 0.1) is 0 Å².